The van der Waals surface area contributed by atoms with E-state index < -0.39 is 6.61 Å². The summed E-state index contributed by atoms with van der Waals surface area (Å²) in [7, 11) is 1.35. The van der Waals surface area contributed by atoms with Gasteiger partial charge in [-0.2, -0.15) is 13.9 Å². The summed E-state index contributed by atoms with van der Waals surface area (Å²) in [4.78, 5) is 0. The molecule has 0 aliphatic rings. The number of nitrogens with zero attached hydrogens (tertiary/aromatic N) is 1. The monoisotopic (exact) mass is 383 g/mol. The minimum Gasteiger partial charge on any atom is -0.493 e. The van der Waals surface area contributed by atoms with Crippen LogP contribution in [0.4, 0.5) is 18.9 Å². The second-order valence-corrected chi connectivity index (χ2v) is 5.42. The van der Waals surface area contributed by atoms with Crippen LogP contribution in [0.15, 0.2) is 47.6 Å². The lowest BCUT2D eigenvalue weighted by Crippen LogP contribution is -2.25. The van der Waals surface area contributed by atoms with E-state index in [1.165, 1.54) is 43.5 Å². The topological polar surface area (TPSA) is 54.9 Å². The molecule has 0 bridgehead atoms. The zero-order valence-corrected chi connectivity index (χ0v) is 14.7. The number of methoxy groups -OCH3 is 1. The van der Waals surface area contributed by atoms with Gasteiger partial charge in [-0.1, -0.05) is 0 Å². The predicted octanol–water partition coefficient (Wildman–Crippen LogP) is 4.15. The first-order valence-corrected chi connectivity index (χ1v) is 7.80. The lowest BCUT2D eigenvalue weighted by molar-refractivity contribution is -0.0512. The number of alkyl halides is 2. The minimum absolute atomic E-state index is 0.0690. The highest BCUT2D eigenvalue weighted by Crippen LogP contribution is 2.29. The third kappa shape index (κ3) is 5.62. The van der Waals surface area contributed by atoms with Crippen molar-refractivity contribution in [3.63, 3.8) is 0 Å². The zero-order chi connectivity index (χ0) is 19.1. The maximum absolute atomic E-state index is 12.9. The molecule has 5 nitrogen and oxygen atoms in total. The van der Waals surface area contributed by atoms with Crippen LogP contribution in [0.3, 0.4) is 0 Å². The zero-order valence-electron chi connectivity index (χ0n) is 13.9. The smallest absolute Gasteiger partial charge is 0.387 e. The highest BCUT2D eigenvalue weighted by atomic mass is 32.1. The van der Waals surface area contributed by atoms with Crippen LogP contribution < -0.4 is 20.2 Å². The first-order chi connectivity index (χ1) is 12.4. The molecule has 0 aromatic heterocycles. The summed E-state index contributed by atoms with van der Waals surface area (Å²) in [6.45, 7) is -1.24. The van der Waals surface area contributed by atoms with Crippen LogP contribution in [0.1, 0.15) is 12.5 Å². The van der Waals surface area contributed by atoms with Crippen molar-refractivity contribution in [2.75, 3.05) is 12.4 Å². The van der Waals surface area contributed by atoms with Gasteiger partial charge in [0, 0.05) is 11.3 Å². The van der Waals surface area contributed by atoms with E-state index >= 15 is 0 Å². The summed E-state index contributed by atoms with van der Waals surface area (Å²) >= 11 is 5.10. The fourth-order valence-corrected chi connectivity index (χ4v) is 2.14. The average Bonchev–Trinajstić information content (AvgIpc) is 2.61. The van der Waals surface area contributed by atoms with Crippen LogP contribution in [0, 0.1) is 5.82 Å². The maximum Gasteiger partial charge on any atom is 0.387 e. The fourth-order valence-electron chi connectivity index (χ4n) is 1.98. The molecule has 0 fully saturated rings. The molecule has 2 aromatic rings. The Labute approximate surface area is 153 Å². The molecule has 0 spiro atoms. The fraction of sp³-hybridized carbons (Fsp3) is 0.176. The summed E-state index contributed by atoms with van der Waals surface area (Å²) in [6.07, 6.45) is 0. The van der Waals surface area contributed by atoms with Gasteiger partial charge in [-0.05, 0) is 61.6 Å². The standard InChI is InChI=1S/C17H16F3N3O2S/c1-10(11-3-8-14(25-16(19)20)15(9-11)24-2)22-23-17(26)21-13-6-4-12(18)5-7-13/h3-9,16H,1-2H3,(H2,21,23,26)/b22-10-. The molecule has 2 N–H and O–H groups in total. The van der Waals surface area contributed by atoms with Gasteiger partial charge in [0.15, 0.2) is 16.6 Å². The number of rotatable bonds is 6. The highest BCUT2D eigenvalue weighted by Gasteiger charge is 2.12. The SMILES string of the molecule is COc1cc(/C(C)=N\NC(=S)Nc2ccc(F)cc2)ccc1OC(F)F. The van der Waals surface area contributed by atoms with Crippen molar-refractivity contribution in [2.24, 2.45) is 5.10 Å². The van der Waals surface area contributed by atoms with Gasteiger partial charge < -0.3 is 14.8 Å². The number of benzene rings is 2. The number of thiocarbonyl (C=S) groups is 1. The third-order valence-corrected chi connectivity index (χ3v) is 3.42. The van der Waals surface area contributed by atoms with Gasteiger partial charge in [-0.3, -0.25) is 5.43 Å². The number of nitrogens with one attached hydrogen (secondary N) is 2. The van der Waals surface area contributed by atoms with Crippen molar-refractivity contribution in [2.45, 2.75) is 13.5 Å². The van der Waals surface area contributed by atoms with Crippen LogP contribution in [-0.2, 0) is 0 Å². The Morgan fingerprint density at radius 3 is 2.42 bits per heavy atom. The summed E-state index contributed by atoms with van der Waals surface area (Å²) in [6, 6.07) is 10.1. The summed E-state index contributed by atoms with van der Waals surface area (Å²) in [5, 5.41) is 7.18. The average molecular weight is 383 g/mol. The summed E-state index contributed by atoms with van der Waals surface area (Å²) in [5.41, 5.74) is 4.42. The first kappa shape index (κ1) is 19.5. The van der Waals surface area contributed by atoms with Gasteiger partial charge in [-0.15, -0.1) is 0 Å². The van der Waals surface area contributed by atoms with E-state index in [9.17, 15) is 13.2 Å². The van der Waals surface area contributed by atoms with E-state index in [2.05, 4.69) is 20.6 Å². The lowest BCUT2D eigenvalue weighted by atomic mass is 10.1. The number of hydrogen-bond donors (Lipinski definition) is 2. The molecule has 0 saturated carbocycles. The van der Waals surface area contributed by atoms with Crippen molar-refractivity contribution in [3.8, 4) is 11.5 Å². The van der Waals surface area contributed by atoms with Crippen LogP contribution in [0.25, 0.3) is 0 Å². The Morgan fingerprint density at radius 2 is 1.81 bits per heavy atom. The molecule has 9 heteroatoms. The molecular weight excluding hydrogens is 367 g/mol. The molecule has 0 atom stereocenters. The molecule has 138 valence electrons. The minimum atomic E-state index is -2.94. The van der Waals surface area contributed by atoms with Gasteiger partial charge >= 0.3 is 6.61 Å². The molecule has 0 amide bonds. The van der Waals surface area contributed by atoms with Crippen LogP contribution in [-0.4, -0.2) is 24.5 Å². The van der Waals surface area contributed by atoms with Crippen LogP contribution >= 0.6 is 12.2 Å². The van der Waals surface area contributed by atoms with Gasteiger partial charge in [0.05, 0.1) is 12.8 Å². The normalized spacial score (nSPS) is 11.2. The highest BCUT2D eigenvalue weighted by molar-refractivity contribution is 7.80. The second kappa shape index (κ2) is 9.04. The maximum atomic E-state index is 12.9. The molecule has 2 aromatic carbocycles. The largest absolute Gasteiger partial charge is 0.493 e. The predicted molar refractivity (Wildman–Crippen MR) is 97.6 cm³/mol. The Bertz CT molecular complexity index is 798. The lowest BCUT2D eigenvalue weighted by Gasteiger charge is -2.12. The summed E-state index contributed by atoms with van der Waals surface area (Å²) < 4.78 is 47.0. The van der Waals surface area contributed by atoms with Gasteiger partial charge in [0.25, 0.3) is 0 Å². The van der Waals surface area contributed by atoms with E-state index in [-0.39, 0.29) is 22.4 Å². The number of halogens is 3. The Balaban J connectivity index is 2.04. The molecule has 0 unspecified atom stereocenters. The second-order valence-electron chi connectivity index (χ2n) is 5.01. The summed E-state index contributed by atoms with van der Waals surface area (Å²) in [5.74, 6) is -0.263. The molecule has 0 radical (unpaired) electrons. The third-order valence-electron chi connectivity index (χ3n) is 3.22. The molecule has 0 aliphatic carbocycles. The number of ether oxygens (including phenoxy) is 2. The van der Waals surface area contributed by atoms with Crippen molar-refractivity contribution in [3.05, 3.63) is 53.8 Å². The van der Waals surface area contributed by atoms with Crippen molar-refractivity contribution in [1.29, 1.82) is 0 Å². The molecular formula is C17H16F3N3O2S. The van der Waals surface area contributed by atoms with E-state index in [1.54, 1.807) is 13.0 Å². The number of anilines is 1. The quantitative estimate of drug-likeness (QED) is 0.446. The van der Waals surface area contributed by atoms with Gasteiger partial charge in [-0.25, -0.2) is 4.39 Å². The van der Waals surface area contributed by atoms with E-state index in [0.29, 0.717) is 17.0 Å². The van der Waals surface area contributed by atoms with E-state index in [1.807, 2.05) is 0 Å². The first-order valence-electron chi connectivity index (χ1n) is 7.39. The van der Waals surface area contributed by atoms with E-state index in [0.717, 1.165) is 0 Å². The Hall–Kier alpha value is -2.81. The Morgan fingerprint density at radius 1 is 1.12 bits per heavy atom. The van der Waals surface area contributed by atoms with Gasteiger partial charge in [0.2, 0.25) is 0 Å². The van der Waals surface area contributed by atoms with Gasteiger partial charge in [0.1, 0.15) is 5.82 Å². The van der Waals surface area contributed by atoms with Crippen molar-refractivity contribution in [1.82, 2.24) is 5.43 Å². The number of hydrazone groups is 1. The molecule has 26 heavy (non-hydrogen) atoms. The molecule has 2 rings (SSSR count). The van der Waals surface area contributed by atoms with E-state index in [4.69, 9.17) is 17.0 Å². The van der Waals surface area contributed by atoms with Crippen LogP contribution in [0.2, 0.25) is 0 Å². The van der Waals surface area contributed by atoms with Crippen molar-refractivity contribution < 1.29 is 22.6 Å². The van der Waals surface area contributed by atoms with Crippen LogP contribution in [0.5, 0.6) is 11.5 Å². The Kier molecular flexibility index (Phi) is 6.79. The molecule has 0 heterocycles. The van der Waals surface area contributed by atoms with Crippen molar-refractivity contribution >= 4 is 28.7 Å². The molecule has 0 aliphatic heterocycles. The molecule has 0 saturated heterocycles. The number of hydrogen-bond acceptors (Lipinski definition) is 4.